The predicted octanol–water partition coefficient (Wildman–Crippen LogP) is 0.0195. The van der Waals surface area contributed by atoms with E-state index in [4.69, 9.17) is 10.5 Å². The fraction of sp³-hybridized carbons (Fsp3) is 0.583. The number of nitrogens with two attached hydrogens (primary N) is 1. The summed E-state index contributed by atoms with van der Waals surface area (Å²) >= 11 is 0. The SMILES string of the molecule is CCOC1CC(N)C1NC(=O)c1cnc(C)cn1. The van der Waals surface area contributed by atoms with Crippen LogP contribution in [0.3, 0.4) is 0 Å². The number of rotatable bonds is 4. The van der Waals surface area contributed by atoms with E-state index >= 15 is 0 Å². The molecule has 1 saturated carbocycles. The largest absolute Gasteiger partial charge is 0.376 e. The molecule has 1 heterocycles. The zero-order valence-electron chi connectivity index (χ0n) is 10.6. The molecule has 0 aliphatic heterocycles. The van der Waals surface area contributed by atoms with Crippen LogP contribution < -0.4 is 11.1 Å². The third kappa shape index (κ3) is 2.65. The van der Waals surface area contributed by atoms with Crippen LogP contribution in [-0.2, 0) is 4.74 Å². The van der Waals surface area contributed by atoms with Crippen LogP contribution in [0.1, 0.15) is 29.5 Å². The van der Waals surface area contributed by atoms with Gasteiger partial charge in [-0.05, 0) is 20.3 Å². The highest BCUT2D eigenvalue weighted by Crippen LogP contribution is 2.22. The van der Waals surface area contributed by atoms with Crippen molar-refractivity contribution in [2.45, 2.75) is 38.5 Å². The van der Waals surface area contributed by atoms with Gasteiger partial charge >= 0.3 is 0 Å². The van der Waals surface area contributed by atoms with Gasteiger partial charge in [-0.2, -0.15) is 0 Å². The van der Waals surface area contributed by atoms with Crippen LogP contribution in [0.4, 0.5) is 0 Å². The van der Waals surface area contributed by atoms with Gasteiger partial charge in [0.25, 0.3) is 5.91 Å². The Morgan fingerprint density at radius 2 is 2.33 bits per heavy atom. The van der Waals surface area contributed by atoms with Crippen molar-refractivity contribution in [3.05, 3.63) is 23.8 Å². The first-order valence-electron chi connectivity index (χ1n) is 6.08. The smallest absolute Gasteiger partial charge is 0.271 e. The van der Waals surface area contributed by atoms with Crippen molar-refractivity contribution in [3.8, 4) is 0 Å². The molecule has 1 aliphatic rings. The van der Waals surface area contributed by atoms with Crippen molar-refractivity contribution in [2.75, 3.05) is 6.61 Å². The topological polar surface area (TPSA) is 90.1 Å². The Bertz CT molecular complexity index is 419. The number of amides is 1. The number of aryl methyl sites for hydroxylation is 1. The summed E-state index contributed by atoms with van der Waals surface area (Å²) in [6, 6.07) is -0.190. The van der Waals surface area contributed by atoms with E-state index in [1.807, 2.05) is 13.8 Å². The minimum atomic E-state index is -0.257. The van der Waals surface area contributed by atoms with Crippen molar-refractivity contribution in [3.63, 3.8) is 0 Å². The molecular weight excluding hydrogens is 232 g/mol. The molecule has 3 N–H and O–H groups in total. The van der Waals surface area contributed by atoms with Gasteiger partial charge in [0.1, 0.15) is 5.69 Å². The number of hydrogen-bond donors (Lipinski definition) is 2. The highest BCUT2D eigenvalue weighted by Gasteiger charge is 2.40. The van der Waals surface area contributed by atoms with Gasteiger partial charge in [-0.25, -0.2) is 4.98 Å². The minimum absolute atomic E-state index is 0.00681. The normalized spacial score (nSPS) is 26.5. The maximum Gasteiger partial charge on any atom is 0.271 e. The molecule has 3 unspecified atom stereocenters. The van der Waals surface area contributed by atoms with Crippen molar-refractivity contribution < 1.29 is 9.53 Å². The van der Waals surface area contributed by atoms with Gasteiger partial charge in [-0.1, -0.05) is 0 Å². The Morgan fingerprint density at radius 1 is 1.56 bits per heavy atom. The van der Waals surface area contributed by atoms with E-state index in [1.54, 1.807) is 6.20 Å². The number of aromatic nitrogens is 2. The number of nitrogens with one attached hydrogen (secondary N) is 1. The van der Waals surface area contributed by atoms with Crippen LogP contribution in [0.2, 0.25) is 0 Å². The Labute approximate surface area is 106 Å². The summed E-state index contributed by atoms with van der Waals surface area (Å²) in [6.45, 7) is 4.36. The van der Waals surface area contributed by atoms with Crippen molar-refractivity contribution in [1.82, 2.24) is 15.3 Å². The van der Waals surface area contributed by atoms with Crippen LogP contribution in [0.25, 0.3) is 0 Å². The molecule has 6 heteroatoms. The van der Waals surface area contributed by atoms with Crippen LogP contribution >= 0.6 is 0 Å². The number of carbonyl (C=O) groups excluding carboxylic acids is 1. The lowest BCUT2D eigenvalue weighted by molar-refractivity contribution is -0.0300. The van der Waals surface area contributed by atoms with Crippen molar-refractivity contribution >= 4 is 5.91 Å². The number of hydrogen-bond acceptors (Lipinski definition) is 5. The van der Waals surface area contributed by atoms with Crippen molar-refractivity contribution in [1.29, 1.82) is 0 Å². The molecule has 0 saturated heterocycles. The van der Waals surface area contributed by atoms with Gasteiger partial charge in [-0.15, -0.1) is 0 Å². The second-order valence-electron chi connectivity index (χ2n) is 4.44. The molecule has 6 nitrogen and oxygen atoms in total. The van der Waals surface area contributed by atoms with Gasteiger partial charge in [0, 0.05) is 18.8 Å². The van der Waals surface area contributed by atoms with Crippen LogP contribution in [0.5, 0.6) is 0 Å². The monoisotopic (exact) mass is 250 g/mol. The Kier molecular flexibility index (Phi) is 3.88. The predicted molar refractivity (Wildman–Crippen MR) is 66.0 cm³/mol. The van der Waals surface area contributed by atoms with Crippen molar-refractivity contribution in [2.24, 2.45) is 5.73 Å². The van der Waals surface area contributed by atoms with E-state index in [2.05, 4.69) is 15.3 Å². The molecule has 0 aromatic carbocycles. The van der Waals surface area contributed by atoms with Crippen LogP contribution in [0.15, 0.2) is 12.4 Å². The molecule has 18 heavy (non-hydrogen) atoms. The van der Waals surface area contributed by atoms with Gasteiger partial charge in [0.05, 0.1) is 24.0 Å². The first-order chi connectivity index (χ1) is 8.61. The lowest BCUT2D eigenvalue weighted by Gasteiger charge is -2.42. The Hall–Kier alpha value is -1.53. The molecule has 1 fully saturated rings. The lowest BCUT2D eigenvalue weighted by Crippen LogP contribution is -2.64. The molecule has 1 aromatic heterocycles. The molecule has 98 valence electrons. The molecule has 2 rings (SSSR count). The second kappa shape index (κ2) is 5.41. The summed E-state index contributed by atoms with van der Waals surface area (Å²) in [4.78, 5) is 20.0. The van der Waals surface area contributed by atoms with Gasteiger partial charge in [0.15, 0.2) is 0 Å². The zero-order valence-corrected chi connectivity index (χ0v) is 10.6. The zero-order chi connectivity index (χ0) is 13.1. The van der Waals surface area contributed by atoms with E-state index in [0.29, 0.717) is 12.3 Å². The maximum atomic E-state index is 11.9. The summed E-state index contributed by atoms with van der Waals surface area (Å²) in [5.74, 6) is -0.257. The molecule has 0 radical (unpaired) electrons. The summed E-state index contributed by atoms with van der Waals surface area (Å²) in [7, 11) is 0. The average Bonchev–Trinajstić information content (AvgIpc) is 2.36. The van der Waals surface area contributed by atoms with Crippen LogP contribution in [-0.4, -0.2) is 40.7 Å². The minimum Gasteiger partial charge on any atom is -0.376 e. The average molecular weight is 250 g/mol. The molecule has 1 amide bonds. The summed E-state index contributed by atoms with van der Waals surface area (Å²) in [6.07, 6.45) is 3.81. The molecule has 3 atom stereocenters. The molecule has 1 aliphatic carbocycles. The van der Waals surface area contributed by atoms with E-state index < -0.39 is 0 Å². The highest BCUT2D eigenvalue weighted by molar-refractivity contribution is 5.92. The molecule has 0 bridgehead atoms. The maximum absolute atomic E-state index is 11.9. The summed E-state index contributed by atoms with van der Waals surface area (Å²) in [5.41, 5.74) is 6.94. The lowest BCUT2D eigenvalue weighted by atomic mass is 9.83. The molecular formula is C12H18N4O2. The van der Waals surface area contributed by atoms with E-state index in [0.717, 1.165) is 12.1 Å². The van der Waals surface area contributed by atoms with E-state index in [1.165, 1.54) is 6.20 Å². The number of ether oxygens (including phenoxy) is 1. The molecule has 0 spiro atoms. The van der Waals surface area contributed by atoms with Crippen LogP contribution in [0, 0.1) is 6.92 Å². The first-order valence-corrected chi connectivity index (χ1v) is 6.08. The number of nitrogens with zero attached hydrogens (tertiary/aromatic N) is 2. The fourth-order valence-electron chi connectivity index (χ4n) is 1.96. The third-order valence-electron chi connectivity index (χ3n) is 3.06. The third-order valence-corrected chi connectivity index (χ3v) is 3.06. The van der Waals surface area contributed by atoms with Gasteiger partial charge < -0.3 is 15.8 Å². The quantitative estimate of drug-likeness (QED) is 0.786. The summed E-state index contributed by atoms with van der Waals surface area (Å²) in [5, 5.41) is 2.85. The van der Waals surface area contributed by atoms with E-state index in [-0.39, 0.29) is 24.1 Å². The van der Waals surface area contributed by atoms with Gasteiger partial charge in [-0.3, -0.25) is 9.78 Å². The Morgan fingerprint density at radius 3 is 2.89 bits per heavy atom. The highest BCUT2D eigenvalue weighted by atomic mass is 16.5. The number of carbonyl (C=O) groups is 1. The Balaban J connectivity index is 1.96. The van der Waals surface area contributed by atoms with Gasteiger partial charge in [0.2, 0.25) is 0 Å². The first kappa shape index (κ1) is 12.9. The standard InChI is InChI=1S/C12H18N4O2/c1-3-18-10-4-8(13)11(10)16-12(17)9-6-14-7(2)5-15-9/h5-6,8,10-11H,3-4,13H2,1-2H3,(H,16,17). The molecule has 1 aromatic rings. The summed E-state index contributed by atoms with van der Waals surface area (Å²) < 4.78 is 5.49. The fourth-order valence-corrected chi connectivity index (χ4v) is 1.96. The second-order valence-corrected chi connectivity index (χ2v) is 4.44. The van der Waals surface area contributed by atoms with E-state index in [9.17, 15) is 4.79 Å².